The van der Waals surface area contributed by atoms with Crippen LogP contribution in [-0.4, -0.2) is 0 Å². The first-order valence-electron chi connectivity index (χ1n) is 6.83. The Kier molecular flexibility index (Phi) is 4.49. The lowest BCUT2D eigenvalue weighted by molar-refractivity contribution is 0.609. The highest BCUT2D eigenvalue weighted by Crippen LogP contribution is 2.38. The molecule has 1 atom stereocenters. The molecule has 0 radical (unpaired) electrons. The Morgan fingerprint density at radius 2 is 2.10 bits per heavy atom. The van der Waals surface area contributed by atoms with Crippen LogP contribution in [0.25, 0.3) is 0 Å². The number of hydrogen-bond donors (Lipinski definition) is 0. The van der Waals surface area contributed by atoms with Crippen LogP contribution < -0.4 is 0 Å². The van der Waals surface area contributed by atoms with Crippen LogP contribution in [0.1, 0.15) is 38.6 Å². The van der Waals surface area contributed by atoms with Gasteiger partial charge in [-0.3, -0.25) is 0 Å². The van der Waals surface area contributed by atoms with Crippen molar-refractivity contribution in [2.75, 3.05) is 0 Å². The van der Waals surface area contributed by atoms with Crippen LogP contribution in [0.2, 0.25) is 5.02 Å². The maximum absolute atomic E-state index is 13.9. The second-order valence-corrected chi connectivity index (χ2v) is 7.86. The lowest BCUT2D eigenvalue weighted by Gasteiger charge is -2.10. The van der Waals surface area contributed by atoms with Crippen molar-refractivity contribution in [3.8, 4) is 0 Å². The Bertz CT molecular complexity index is 579. The van der Waals surface area contributed by atoms with Gasteiger partial charge in [-0.05, 0) is 55.9 Å². The maximum atomic E-state index is 13.9. The predicted molar refractivity (Wildman–Crippen MR) is 87.7 cm³/mol. The SMILES string of the molecule is Fc1cccc(Cl)c1CC(Br)c1cc2c(s1)CCCC2. The second kappa shape index (κ2) is 6.17. The standard InChI is InChI=1S/C16H15BrClFS/c17-12(9-11-13(18)5-3-6-14(11)19)16-8-10-4-1-2-7-15(10)20-16/h3,5-6,8,12H,1-2,4,7,9H2. The molecule has 0 aliphatic heterocycles. The fourth-order valence-electron chi connectivity index (χ4n) is 2.68. The van der Waals surface area contributed by atoms with Crippen LogP contribution in [0.3, 0.4) is 0 Å². The summed E-state index contributed by atoms with van der Waals surface area (Å²) in [6.07, 6.45) is 5.55. The van der Waals surface area contributed by atoms with Crippen molar-refractivity contribution in [2.24, 2.45) is 0 Å². The van der Waals surface area contributed by atoms with Crippen molar-refractivity contribution in [1.29, 1.82) is 0 Å². The highest BCUT2D eigenvalue weighted by Gasteiger charge is 2.19. The van der Waals surface area contributed by atoms with Gasteiger partial charge in [-0.15, -0.1) is 11.3 Å². The van der Waals surface area contributed by atoms with Gasteiger partial charge in [-0.2, -0.15) is 0 Å². The first-order valence-corrected chi connectivity index (χ1v) is 8.94. The van der Waals surface area contributed by atoms with Gasteiger partial charge in [0.15, 0.2) is 0 Å². The number of thiophene rings is 1. The van der Waals surface area contributed by atoms with Gasteiger partial charge in [-0.1, -0.05) is 33.6 Å². The smallest absolute Gasteiger partial charge is 0.127 e. The van der Waals surface area contributed by atoms with Crippen molar-refractivity contribution < 1.29 is 4.39 Å². The van der Waals surface area contributed by atoms with Crippen LogP contribution in [0.5, 0.6) is 0 Å². The van der Waals surface area contributed by atoms with Gasteiger partial charge >= 0.3 is 0 Å². The molecule has 1 heterocycles. The largest absolute Gasteiger partial charge is 0.207 e. The maximum Gasteiger partial charge on any atom is 0.127 e. The van der Waals surface area contributed by atoms with E-state index < -0.39 is 0 Å². The van der Waals surface area contributed by atoms with E-state index in [1.807, 2.05) is 11.3 Å². The molecule has 1 aromatic carbocycles. The van der Waals surface area contributed by atoms with Gasteiger partial charge in [0.1, 0.15) is 5.82 Å². The van der Waals surface area contributed by atoms with E-state index >= 15 is 0 Å². The molecule has 0 spiro atoms. The van der Waals surface area contributed by atoms with Gasteiger partial charge < -0.3 is 0 Å². The Balaban J connectivity index is 1.82. The first kappa shape index (κ1) is 14.6. The molecule has 20 heavy (non-hydrogen) atoms. The molecule has 1 aliphatic rings. The van der Waals surface area contributed by atoms with E-state index in [4.69, 9.17) is 11.6 Å². The quantitative estimate of drug-likeness (QED) is 0.570. The van der Waals surface area contributed by atoms with E-state index in [-0.39, 0.29) is 10.6 Å². The van der Waals surface area contributed by atoms with E-state index in [0.717, 1.165) is 0 Å². The van der Waals surface area contributed by atoms with Crippen LogP contribution >= 0.6 is 38.9 Å². The molecule has 3 rings (SSSR count). The molecule has 0 bridgehead atoms. The molecular formula is C16H15BrClFS. The van der Waals surface area contributed by atoms with Crippen molar-refractivity contribution in [2.45, 2.75) is 36.9 Å². The van der Waals surface area contributed by atoms with Gasteiger partial charge in [0, 0.05) is 20.3 Å². The molecule has 2 aromatic rings. The summed E-state index contributed by atoms with van der Waals surface area (Å²) < 4.78 is 13.9. The fourth-order valence-corrected chi connectivity index (χ4v) is 4.89. The Hall–Kier alpha value is -0.380. The Morgan fingerprint density at radius 1 is 1.30 bits per heavy atom. The van der Waals surface area contributed by atoms with E-state index in [2.05, 4.69) is 22.0 Å². The van der Waals surface area contributed by atoms with Gasteiger partial charge in [-0.25, -0.2) is 4.39 Å². The van der Waals surface area contributed by atoms with Gasteiger partial charge in [0.2, 0.25) is 0 Å². The number of hydrogen-bond acceptors (Lipinski definition) is 1. The summed E-state index contributed by atoms with van der Waals surface area (Å²) >= 11 is 11.7. The van der Waals surface area contributed by atoms with Crippen molar-refractivity contribution >= 4 is 38.9 Å². The van der Waals surface area contributed by atoms with E-state index in [1.54, 1.807) is 12.1 Å². The summed E-state index contributed by atoms with van der Waals surface area (Å²) in [7, 11) is 0. The summed E-state index contributed by atoms with van der Waals surface area (Å²) in [5.74, 6) is -0.219. The minimum absolute atomic E-state index is 0.132. The normalized spacial score (nSPS) is 15.9. The minimum atomic E-state index is -0.219. The number of alkyl halides is 1. The van der Waals surface area contributed by atoms with Crippen LogP contribution in [0, 0.1) is 5.82 Å². The molecule has 0 fully saturated rings. The Morgan fingerprint density at radius 3 is 2.85 bits per heavy atom. The molecule has 0 saturated carbocycles. The number of fused-ring (bicyclic) bond motifs is 1. The summed E-state index contributed by atoms with van der Waals surface area (Å²) in [6, 6.07) is 7.15. The topological polar surface area (TPSA) is 0 Å². The average molecular weight is 374 g/mol. The van der Waals surface area contributed by atoms with E-state index in [0.29, 0.717) is 17.0 Å². The van der Waals surface area contributed by atoms with Crippen LogP contribution in [0.15, 0.2) is 24.3 Å². The lowest BCUT2D eigenvalue weighted by atomic mass is 9.99. The molecule has 0 amide bonds. The van der Waals surface area contributed by atoms with E-state index in [9.17, 15) is 4.39 Å². The molecular weight excluding hydrogens is 359 g/mol. The monoisotopic (exact) mass is 372 g/mol. The second-order valence-electron chi connectivity index (χ2n) is 5.18. The molecule has 106 valence electrons. The highest BCUT2D eigenvalue weighted by molar-refractivity contribution is 9.09. The number of benzene rings is 1. The minimum Gasteiger partial charge on any atom is -0.207 e. The average Bonchev–Trinajstić information content (AvgIpc) is 2.87. The summed E-state index contributed by atoms with van der Waals surface area (Å²) in [5, 5.41) is 0.510. The van der Waals surface area contributed by atoms with Crippen molar-refractivity contribution in [1.82, 2.24) is 0 Å². The number of aryl methyl sites for hydroxylation is 2. The summed E-state index contributed by atoms with van der Waals surface area (Å²) in [4.78, 5) is 2.93. The third kappa shape index (κ3) is 2.95. The zero-order chi connectivity index (χ0) is 14.1. The molecule has 0 saturated heterocycles. The zero-order valence-electron chi connectivity index (χ0n) is 11.0. The molecule has 1 unspecified atom stereocenters. The number of rotatable bonds is 3. The van der Waals surface area contributed by atoms with Crippen molar-refractivity contribution in [3.05, 3.63) is 56.0 Å². The Labute approximate surface area is 136 Å². The molecule has 0 N–H and O–H groups in total. The molecule has 4 heteroatoms. The van der Waals surface area contributed by atoms with Crippen LogP contribution in [0.4, 0.5) is 4.39 Å². The van der Waals surface area contributed by atoms with E-state index in [1.165, 1.54) is 47.1 Å². The molecule has 0 nitrogen and oxygen atoms in total. The third-order valence-corrected chi connectivity index (χ3v) is 6.59. The molecule has 1 aromatic heterocycles. The first-order chi connectivity index (χ1) is 9.65. The predicted octanol–water partition coefficient (Wildman–Crippen LogP) is 6.10. The van der Waals surface area contributed by atoms with Crippen LogP contribution in [-0.2, 0) is 19.3 Å². The highest BCUT2D eigenvalue weighted by atomic mass is 79.9. The summed E-state index contributed by atoms with van der Waals surface area (Å²) in [6.45, 7) is 0. The van der Waals surface area contributed by atoms with Gasteiger partial charge in [0.05, 0.1) is 4.83 Å². The fraction of sp³-hybridized carbons (Fsp3) is 0.375. The lowest BCUT2D eigenvalue weighted by Crippen LogP contribution is -1.98. The number of halogens is 3. The zero-order valence-corrected chi connectivity index (χ0v) is 14.1. The summed E-state index contributed by atoms with van der Waals surface area (Å²) in [5.41, 5.74) is 2.09. The third-order valence-electron chi connectivity index (χ3n) is 3.77. The van der Waals surface area contributed by atoms with Crippen molar-refractivity contribution in [3.63, 3.8) is 0 Å². The molecule has 1 aliphatic carbocycles. The van der Waals surface area contributed by atoms with Gasteiger partial charge in [0.25, 0.3) is 0 Å².